The van der Waals surface area contributed by atoms with Gasteiger partial charge in [-0.25, -0.2) is 18.1 Å². The molecule has 1 unspecified atom stereocenters. The van der Waals surface area contributed by atoms with Crippen LogP contribution in [-0.2, 0) is 14.8 Å². The highest BCUT2D eigenvalue weighted by Crippen LogP contribution is 2.18. The number of amides is 1. The minimum Gasteiger partial charge on any atom is -0.372 e. The molecule has 1 amide bonds. The molecule has 0 saturated carbocycles. The molecule has 0 aromatic carbocycles. The Hall–Kier alpha value is -1.67. The van der Waals surface area contributed by atoms with Crippen molar-refractivity contribution in [3.8, 4) is 0 Å². The Morgan fingerprint density at radius 2 is 2.26 bits per heavy atom. The highest BCUT2D eigenvalue weighted by Gasteiger charge is 2.26. The van der Waals surface area contributed by atoms with Gasteiger partial charge < -0.3 is 10.6 Å². The lowest BCUT2D eigenvalue weighted by Crippen LogP contribution is -2.47. The summed E-state index contributed by atoms with van der Waals surface area (Å²) in [4.78, 5) is 15.1. The second kappa shape index (κ2) is 5.54. The molecule has 2 heterocycles. The largest absolute Gasteiger partial charge is 0.372 e. The van der Waals surface area contributed by atoms with E-state index in [1.807, 2.05) is 0 Å². The minimum atomic E-state index is -3.65. The van der Waals surface area contributed by atoms with Crippen molar-refractivity contribution in [2.24, 2.45) is 0 Å². The summed E-state index contributed by atoms with van der Waals surface area (Å²) in [6.45, 7) is 0.313. The van der Waals surface area contributed by atoms with Crippen molar-refractivity contribution in [3.05, 3.63) is 18.3 Å². The number of anilines is 1. The number of pyridine rings is 1. The third-order valence-electron chi connectivity index (χ3n) is 2.88. The Labute approximate surface area is 111 Å². The molecule has 7 nitrogen and oxygen atoms in total. The number of carbonyl (C=O) groups is 1. The first-order valence-electron chi connectivity index (χ1n) is 5.95. The normalized spacial score (nSPS) is 19.8. The number of hydrogen-bond acceptors (Lipinski definition) is 5. The van der Waals surface area contributed by atoms with Crippen molar-refractivity contribution < 1.29 is 13.2 Å². The van der Waals surface area contributed by atoms with Gasteiger partial charge in [-0.3, -0.25) is 4.79 Å². The first kappa shape index (κ1) is 13.8. The highest BCUT2D eigenvalue weighted by molar-refractivity contribution is 7.89. The first-order valence-corrected chi connectivity index (χ1v) is 7.43. The van der Waals surface area contributed by atoms with Crippen molar-refractivity contribution in [2.75, 3.05) is 18.9 Å². The number of piperidine rings is 1. The van der Waals surface area contributed by atoms with E-state index in [0.29, 0.717) is 25.2 Å². The molecule has 104 valence electrons. The van der Waals surface area contributed by atoms with Crippen LogP contribution < -0.4 is 15.4 Å². The number of nitrogens with zero attached hydrogens (tertiary/aromatic N) is 1. The minimum absolute atomic E-state index is 0.0484. The zero-order chi connectivity index (χ0) is 13.9. The zero-order valence-electron chi connectivity index (χ0n) is 10.5. The maximum absolute atomic E-state index is 12.3. The second-order valence-corrected chi connectivity index (χ2v) is 5.94. The van der Waals surface area contributed by atoms with Gasteiger partial charge in [-0.1, -0.05) is 0 Å². The van der Waals surface area contributed by atoms with E-state index in [0.717, 1.165) is 0 Å². The molecule has 1 fully saturated rings. The molecular formula is C11H16N4O3S. The summed E-state index contributed by atoms with van der Waals surface area (Å²) in [5, 5.41) is 5.38. The molecule has 8 heteroatoms. The topological polar surface area (TPSA) is 100 Å². The number of hydrogen-bond donors (Lipinski definition) is 3. The van der Waals surface area contributed by atoms with Gasteiger partial charge in [0.2, 0.25) is 15.9 Å². The van der Waals surface area contributed by atoms with Gasteiger partial charge in [0, 0.05) is 32.3 Å². The van der Waals surface area contributed by atoms with Crippen LogP contribution >= 0.6 is 0 Å². The van der Waals surface area contributed by atoms with Crippen LogP contribution in [0.5, 0.6) is 0 Å². The molecule has 1 aliphatic rings. The van der Waals surface area contributed by atoms with Gasteiger partial charge in [-0.05, 0) is 18.6 Å². The van der Waals surface area contributed by atoms with Crippen LogP contribution in [0, 0.1) is 0 Å². The molecule has 0 spiro atoms. The van der Waals surface area contributed by atoms with Gasteiger partial charge in [-0.2, -0.15) is 0 Å². The van der Waals surface area contributed by atoms with Crippen molar-refractivity contribution in [1.29, 1.82) is 0 Å². The molecule has 1 saturated heterocycles. The maximum Gasteiger partial charge on any atom is 0.244 e. The van der Waals surface area contributed by atoms with Gasteiger partial charge in [-0.15, -0.1) is 0 Å². The van der Waals surface area contributed by atoms with Crippen molar-refractivity contribution in [3.63, 3.8) is 0 Å². The van der Waals surface area contributed by atoms with E-state index in [-0.39, 0.29) is 16.8 Å². The van der Waals surface area contributed by atoms with E-state index in [1.54, 1.807) is 13.1 Å². The number of carbonyl (C=O) groups excluding carboxylic acids is 1. The van der Waals surface area contributed by atoms with Gasteiger partial charge in [0.15, 0.2) is 0 Å². The summed E-state index contributed by atoms with van der Waals surface area (Å²) in [6.07, 6.45) is 2.35. The van der Waals surface area contributed by atoms with Crippen LogP contribution in [0.3, 0.4) is 0 Å². The van der Waals surface area contributed by atoms with Crippen LogP contribution in [0.15, 0.2) is 23.2 Å². The molecule has 1 aromatic heterocycles. The molecule has 0 aliphatic carbocycles. The van der Waals surface area contributed by atoms with Crippen molar-refractivity contribution in [1.82, 2.24) is 15.0 Å². The summed E-state index contributed by atoms with van der Waals surface area (Å²) >= 11 is 0. The molecule has 0 bridgehead atoms. The van der Waals surface area contributed by atoms with Crippen molar-refractivity contribution in [2.45, 2.75) is 23.8 Å². The average molecular weight is 284 g/mol. The Bertz CT molecular complexity index is 563. The molecule has 1 aromatic rings. The predicted molar refractivity (Wildman–Crippen MR) is 70.1 cm³/mol. The maximum atomic E-state index is 12.3. The Balaban J connectivity index is 2.16. The number of sulfonamides is 1. The molecular weight excluding hydrogens is 268 g/mol. The standard InChI is InChI=1S/C11H16N4O3S/c1-12-11-9(3-2-6-13-11)19(17,18)15-8-4-5-10(16)14-7-8/h2-3,6,8,15H,4-5,7H2,1H3,(H,12,13)(H,14,16). The average Bonchev–Trinajstić information content (AvgIpc) is 2.41. The van der Waals surface area contributed by atoms with Gasteiger partial charge in [0.1, 0.15) is 10.7 Å². The Morgan fingerprint density at radius 1 is 1.47 bits per heavy atom. The fourth-order valence-corrected chi connectivity index (χ4v) is 3.35. The van der Waals surface area contributed by atoms with Crippen LogP contribution in [0.2, 0.25) is 0 Å². The van der Waals surface area contributed by atoms with E-state index < -0.39 is 10.0 Å². The summed E-state index contributed by atoms with van der Waals surface area (Å²) < 4.78 is 27.1. The van der Waals surface area contributed by atoms with E-state index in [4.69, 9.17) is 0 Å². The molecule has 0 radical (unpaired) electrons. The van der Waals surface area contributed by atoms with E-state index in [2.05, 4.69) is 20.3 Å². The predicted octanol–water partition coefficient (Wildman–Crippen LogP) is -0.320. The number of aromatic nitrogens is 1. The lowest BCUT2D eigenvalue weighted by molar-refractivity contribution is -0.122. The third kappa shape index (κ3) is 3.21. The molecule has 1 atom stereocenters. The highest BCUT2D eigenvalue weighted by atomic mass is 32.2. The number of nitrogens with one attached hydrogen (secondary N) is 3. The Morgan fingerprint density at radius 3 is 2.89 bits per heavy atom. The molecule has 1 aliphatic heterocycles. The lowest BCUT2D eigenvalue weighted by Gasteiger charge is -2.23. The van der Waals surface area contributed by atoms with E-state index >= 15 is 0 Å². The van der Waals surface area contributed by atoms with Crippen LogP contribution in [0.4, 0.5) is 5.82 Å². The lowest BCUT2D eigenvalue weighted by atomic mass is 10.1. The van der Waals surface area contributed by atoms with Crippen molar-refractivity contribution >= 4 is 21.7 Å². The van der Waals surface area contributed by atoms with Gasteiger partial charge >= 0.3 is 0 Å². The van der Waals surface area contributed by atoms with Crippen LogP contribution in [-0.4, -0.2) is 38.9 Å². The quantitative estimate of drug-likeness (QED) is 0.703. The molecule has 19 heavy (non-hydrogen) atoms. The summed E-state index contributed by atoms with van der Waals surface area (Å²) in [5.41, 5.74) is 0. The molecule has 2 rings (SSSR count). The SMILES string of the molecule is CNc1ncccc1S(=O)(=O)NC1CCC(=O)NC1. The fraction of sp³-hybridized carbons (Fsp3) is 0.455. The van der Waals surface area contributed by atoms with Gasteiger partial charge in [0.05, 0.1) is 0 Å². The van der Waals surface area contributed by atoms with Crippen LogP contribution in [0.25, 0.3) is 0 Å². The third-order valence-corrected chi connectivity index (χ3v) is 4.44. The Kier molecular flexibility index (Phi) is 4.01. The monoisotopic (exact) mass is 284 g/mol. The second-order valence-electron chi connectivity index (χ2n) is 4.26. The number of rotatable bonds is 4. The van der Waals surface area contributed by atoms with E-state index in [9.17, 15) is 13.2 Å². The molecule has 3 N–H and O–H groups in total. The van der Waals surface area contributed by atoms with E-state index in [1.165, 1.54) is 12.3 Å². The van der Waals surface area contributed by atoms with Gasteiger partial charge in [0.25, 0.3) is 0 Å². The summed E-state index contributed by atoms with van der Waals surface area (Å²) in [5.74, 6) is 0.252. The zero-order valence-corrected chi connectivity index (χ0v) is 11.3. The summed E-state index contributed by atoms with van der Waals surface area (Å²) in [7, 11) is -2.03. The first-order chi connectivity index (χ1) is 9.03. The van der Waals surface area contributed by atoms with Crippen LogP contribution in [0.1, 0.15) is 12.8 Å². The summed E-state index contributed by atoms with van der Waals surface area (Å²) in [6, 6.07) is 2.77. The smallest absolute Gasteiger partial charge is 0.244 e. The fourth-order valence-electron chi connectivity index (χ4n) is 1.91.